The highest BCUT2D eigenvalue weighted by Crippen LogP contribution is 2.27. The second-order valence-corrected chi connectivity index (χ2v) is 5.20. The normalized spacial score (nSPS) is 12.2. The number of hydrogen-bond acceptors (Lipinski definition) is 4. The van der Waals surface area contributed by atoms with Gasteiger partial charge in [-0.15, -0.1) is 0 Å². The van der Waals surface area contributed by atoms with Crippen LogP contribution in [0.15, 0.2) is 29.4 Å². The van der Waals surface area contributed by atoms with Gasteiger partial charge in [-0.25, -0.2) is 0 Å². The zero-order chi connectivity index (χ0) is 15.0. The maximum Gasteiger partial charge on any atom is 0.161 e. The van der Waals surface area contributed by atoms with E-state index in [4.69, 9.17) is 20.4 Å². The molecule has 0 aliphatic rings. The number of nitrogens with zero attached hydrogens (tertiary/aromatic N) is 1. The third-order valence-corrected chi connectivity index (χ3v) is 3.15. The van der Waals surface area contributed by atoms with Crippen LogP contribution in [-0.4, -0.2) is 24.3 Å². The van der Waals surface area contributed by atoms with Gasteiger partial charge in [-0.3, -0.25) is 0 Å². The molecular formula is C15H24N2O3. The van der Waals surface area contributed by atoms with Gasteiger partial charge in [0, 0.05) is 5.41 Å². The molecule has 0 unspecified atom stereocenters. The van der Waals surface area contributed by atoms with Gasteiger partial charge in [0.25, 0.3) is 0 Å². The van der Waals surface area contributed by atoms with Crippen molar-refractivity contribution in [2.24, 2.45) is 16.3 Å². The van der Waals surface area contributed by atoms with Crippen LogP contribution in [0.3, 0.4) is 0 Å². The molecule has 1 rings (SSSR count). The first-order valence-corrected chi connectivity index (χ1v) is 6.84. The molecule has 0 saturated carbocycles. The van der Waals surface area contributed by atoms with Gasteiger partial charge < -0.3 is 20.4 Å². The lowest BCUT2D eigenvalue weighted by Gasteiger charge is -2.22. The van der Waals surface area contributed by atoms with Crippen molar-refractivity contribution in [2.45, 2.75) is 33.6 Å². The molecule has 0 bridgehead atoms. The summed E-state index contributed by atoms with van der Waals surface area (Å²) in [6.45, 7) is 6.99. The number of amidine groups is 1. The summed E-state index contributed by atoms with van der Waals surface area (Å²) in [7, 11) is 0. The number of hydrogen-bond donors (Lipinski definition) is 2. The summed E-state index contributed by atoms with van der Waals surface area (Å²) >= 11 is 0. The van der Waals surface area contributed by atoms with Gasteiger partial charge in [0.2, 0.25) is 0 Å². The summed E-state index contributed by atoms with van der Waals surface area (Å²) in [6.07, 6.45) is 1.59. The molecule has 0 fully saturated rings. The Balaban J connectivity index is 2.45. The number of ether oxygens (including phenoxy) is 2. The van der Waals surface area contributed by atoms with E-state index in [1.807, 2.05) is 45.0 Å². The molecule has 5 heteroatoms. The molecule has 3 N–H and O–H groups in total. The fourth-order valence-electron chi connectivity index (χ4n) is 1.80. The quantitative estimate of drug-likeness (QED) is 0.252. The molecule has 5 nitrogen and oxygen atoms in total. The predicted octanol–water partition coefficient (Wildman–Crippen LogP) is 3.02. The monoisotopic (exact) mass is 280 g/mol. The van der Waals surface area contributed by atoms with Crippen LogP contribution in [0.5, 0.6) is 11.5 Å². The highest BCUT2D eigenvalue weighted by Gasteiger charge is 2.22. The number of oxime groups is 1. The van der Waals surface area contributed by atoms with Crippen molar-refractivity contribution in [3.05, 3.63) is 24.3 Å². The van der Waals surface area contributed by atoms with Crippen molar-refractivity contribution in [1.29, 1.82) is 0 Å². The molecule has 0 spiro atoms. The van der Waals surface area contributed by atoms with E-state index < -0.39 is 0 Å². The van der Waals surface area contributed by atoms with E-state index in [2.05, 4.69) is 5.16 Å². The fraction of sp³-hybridized carbons (Fsp3) is 0.533. The zero-order valence-electron chi connectivity index (χ0n) is 12.4. The second kappa shape index (κ2) is 7.62. The van der Waals surface area contributed by atoms with E-state index in [1.165, 1.54) is 0 Å². The Bertz CT molecular complexity index is 444. The molecule has 0 amide bonds. The zero-order valence-corrected chi connectivity index (χ0v) is 12.4. The van der Waals surface area contributed by atoms with Crippen molar-refractivity contribution in [3.8, 4) is 11.5 Å². The maximum absolute atomic E-state index is 8.72. The van der Waals surface area contributed by atoms with Crippen LogP contribution in [0.25, 0.3) is 0 Å². The van der Waals surface area contributed by atoms with Gasteiger partial charge in [0.05, 0.1) is 13.2 Å². The van der Waals surface area contributed by atoms with E-state index in [0.717, 1.165) is 24.3 Å². The van der Waals surface area contributed by atoms with Crippen LogP contribution in [0.2, 0.25) is 0 Å². The van der Waals surface area contributed by atoms with Crippen molar-refractivity contribution in [2.75, 3.05) is 13.2 Å². The summed E-state index contributed by atoms with van der Waals surface area (Å²) in [5.41, 5.74) is 5.31. The van der Waals surface area contributed by atoms with Crippen molar-refractivity contribution in [3.63, 3.8) is 0 Å². The minimum atomic E-state index is -0.336. The lowest BCUT2D eigenvalue weighted by Crippen LogP contribution is -2.32. The SMILES string of the molecule is CCOc1ccccc1OCCCC(C)(C)C(N)=NO. The molecule has 0 radical (unpaired) electrons. The van der Waals surface area contributed by atoms with E-state index >= 15 is 0 Å². The second-order valence-electron chi connectivity index (χ2n) is 5.20. The average molecular weight is 280 g/mol. The van der Waals surface area contributed by atoms with Gasteiger partial charge in [-0.1, -0.05) is 31.1 Å². The molecule has 112 valence electrons. The Morgan fingerprint density at radius 2 is 1.85 bits per heavy atom. The summed E-state index contributed by atoms with van der Waals surface area (Å²) < 4.78 is 11.2. The van der Waals surface area contributed by atoms with Crippen LogP contribution in [0.4, 0.5) is 0 Å². The van der Waals surface area contributed by atoms with Crippen molar-refractivity contribution < 1.29 is 14.7 Å². The van der Waals surface area contributed by atoms with E-state index in [9.17, 15) is 0 Å². The number of benzene rings is 1. The smallest absolute Gasteiger partial charge is 0.161 e. The molecule has 0 aliphatic carbocycles. The lowest BCUT2D eigenvalue weighted by atomic mass is 9.87. The van der Waals surface area contributed by atoms with E-state index in [-0.39, 0.29) is 11.3 Å². The molecule has 0 aliphatic heterocycles. The minimum absolute atomic E-state index is 0.243. The van der Waals surface area contributed by atoms with Crippen LogP contribution in [0.1, 0.15) is 33.6 Å². The average Bonchev–Trinajstić information content (AvgIpc) is 2.44. The Kier molecular flexibility index (Phi) is 6.15. The molecule has 1 aromatic rings. The first-order chi connectivity index (χ1) is 9.51. The summed E-state index contributed by atoms with van der Waals surface area (Å²) in [5, 5.41) is 11.8. The predicted molar refractivity (Wildman–Crippen MR) is 79.5 cm³/mol. The first kappa shape index (κ1) is 16.1. The highest BCUT2D eigenvalue weighted by molar-refractivity contribution is 5.85. The van der Waals surface area contributed by atoms with Crippen LogP contribution < -0.4 is 15.2 Å². The third kappa shape index (κ3) is 4.64. The third-order valence-electron chi connectivity index (χ3n) is 3.15. The highest BCUT2D eigenvalue weighted by atomic mass is 16.5. The first-order valence-electron chi connectivity index (χ1n) is 6.84. The van der Waals surface area contributed by atoms with Crippen molar-refractivity contribution >= 4 is 5.84 Å². The Morgan fingerprint density at radius 3 is 2.40 bits per heavy atom. The molecule has 20 heavy (non-hydrogen) atoms. The van der Waals surface area contributed by atoms with Crippen LogP contribution in [0, 0.1) is 5.41 Å². The van der Waals surface area contributed by atoms with E-state index in [0.29, 0.717) is 13.2 Å². The number of rotatable bonds is 8. The number of nitrogens with two attached hydrogens (primary N) is 1. The number of para-hydroxylation sites is 2. The van der Waals surface area contributed by atoms with Gasteiger partial charge in [0.1, 0.15) is 5.84 Å². The van der Waals surface area contributed by atoms with Gasteiger partial charge in [0.15, 0.2) is 11.5 Å². The van der Waals surface area contributed by atoms with Crippen molar-refractivity contribution in [1.82, 2.24) is 0 Å². The van der Waals surface area contributed by atoms with Gasteiger partial charge in [-0.05, 0) is 31.9 Å². The summed E-state index contributed by atoms with van der Waals surface area (Å²) in [4.78, 5) is 0. The van der Waals surface area contributed by atoms with Crippen LogP contribution in [-0.2, 0) is 0 Å². The molecule has 1 aromatic carbocycles. The largest absolute Gasteiger partial charge is 0.490 e. The standard InChI is InChI=1S/C15H24N2O3/c1-4-19-12-8-5-6-9-13(12)20-11-7-10-15(2,3)14(16)17-18/h5-6,8-9,18H,4,7,10-11H2,1-3H3,(H2,16,17). The molecule has 0 heterocycles. The fourth-order valence-corrected chi connectivity index (χ4v) is 1.80. The van der Waals surface area contributed by atoms with Gasteiger partial charge in [-0.2, -0.15) is 0 Å². The molecular weight excluding hydrogens is 256 g/mol. The molecule has 0 aromatic heterocycles. The minimum Gasteiger partial charge on any atom is -0.490 e. The topological polar surface area (TPSA) is 77.1 Å². The Morgan fingerprint density at radius 1 is 1.25 bits per heavy atom. The van der Waals surface area contributed by atoms with Gasteiger partial charge >= 0.3 is 0 Å². The summed E-state index contributed by atoms with van der Waals surface area (Å²) in [6, 6.07) is 7.61. The molecule has 0 saturated heterocycles. The lowest BCUT2D eigenvalue weighted by molar-refractivity contribution is 0.258. The molecule has 0 atom stereocenters. The summed E-state index contributed by atoms with van der Waals surface area (Å²) in [5.74, 6) is 1.74. The maximum atomic E-state index is 8.72. The van der Waals surface area contributed by atoms with E-state index in [1.54, 1.807) is 0 Å². The van der Waals surface area contributed by atoms with Crippen LogP contribution >= 0.6 is 0 Å². The Hall–Kier alpha value is -1.91. The Labute approximate surface area is 120 Å².